The summed E-state index contributed by atoms with van der Waals surface area (Å²) in [5.41, 5.74) is 2.38. The average Bonchev–Trinajstić information content (AvgIpc) is 2.78. The predicted octanol–water partition coefficient (Wildman–Crippen LogP) is 4.25. The summed E-state index contributed by atoms with van der Waals surface area (Å²) in [4.78, 5) is 25.1. The normalized spacial score (nSPS) is 15.7. The molecule has 0 spiro atoms. The van der Waals surface area contributed by atoms with Gasteiger partial charge in [-0.3, -0.25) is 0 Å². The summed E-state index contributed by atoms with van der Waals surface area (Å²) in [6.45, 7) is 4.51. The van der Waals surface area contributed by atoms with Gasteiger partial charge in [-0.1, -0.05) is 49.7 Å². The van der Waals surface area contributed by atoms with Gasteiger partial charge < -0.3 is 24.8 Å². The van der Waals surface area contributed by atoms with Crippen LogP contribution in [0, 0.1) is 0 Å². The molecule has 0 unspecified atom stereocenters. The summed E-state index contributed by atoms with van der Waals surface area (Å²) in [6.07, 6.45) is 1.97. The highest BCUT2D eigenvalue weighted by Gasteiger charge is 2.32. The molecule has 164 valence electrons. The SMILES string of the molecule is CCCCOc1ccc([C@@H]2NC(=O)NC(C)=C2C(=O)OCc2ccccc2)cc1OC. The lowest BCUT2D eigenvalue weighted by Crippen LogP contribution is -2.45. The first-order valence-electron chi connectivity index (χ1n) is 10.3. The Morgan fingerprint density at radius 2 is 1.87 bits per heavy atom. The minimum Gasteiger partial charge on any atom is -0.493 e. The molecule has 0 saturated carbocycles. The molecule has 2 aromatic carbocycles. The van der Waals surface area contributed by atoms with E-state index in [1.165, 1.54) is 0 Å². The maximum Gasteiger partial charge on any atom is 0.338 e. The summed E-state index contributed by atoms with van der Waals surface area (Å²) < 4.78 is 16.8. The number of esters is 1. The van der Waals surface area contributed by atoms with Gasteiger partial charge in [-0.2, -0.15) is 0 Å². The quantitative estimate of drug-likeness (QED) is 0.464. The number of hydrogen-bond donors (Lipinski definition) is 2. The van der Waals surface area contributed by atoms with Gasteiger partial charge in [0, 0.05) is 5.70 Å². The van der Waals surface area contributed by atoms with Gasteiger partial charge >= 0.3 is 12.0 Å². The van der Waals surface area contributed by atoms with E-state index in [0.717, 1.165) is 18.4 Å². The molecule has 1 atom stereocenters. The molecule has 7 nitrogen and oxygen atoms in total. The van der Waals surface area contributed by atoms with Gasteiger partial charge in [0.1, 0.15) is 6.61 Å². The van der Waals surface area contributed by atoms with Gasteiger partial charge in [-0.05, 0) is 36.6 Å². The number of hydrogen-bond acceptors (Lipinski definition) is 5. The lowest BCUT2D eigenvalue weighted by molar-refractivity contribution is -0.140. The van der Waals surface area contributed by atoms with Crippen molar-refractivity contribution in [1.82, 2.24) is 10.6 Å². The molecular formula is C24H28N2O5. The molecule has 0 bridgehead atoms. The number of unbranched alkanes of at least 4 members (excludes halogenated alkanes) is 1. The molecular weight excluding hydrogens is 396 g/mol. The standard InChI is InChI=1S/C24H28N2O5/c1-4-5-13-30-19-12-11-18(14-20(19)29-3)22-21(16(2)25-24(28)26-22)23(27)31-15-17-9-7-6-8-10-17/h6-12,14,22H,4-5,13,15H2,1-3H3,(H2,25,26,28)/t22-/m0/s1. The van der Waals surface area contributed by atoms with Crippen molar-refractivity contribution in [2.45, 2.75) is 39.3 Å². The number of ether oxygens (including phenoxy) is 3. The summed E-state index contributed by atoms with van der Waals surface area (Å²) in [5, 5.41) is 5.47. The Hall–Kier alpha value is -3.48. The summed E-state index contributed by atoms with van der Waals surface area (Å²) in [7, 11) is 1.56. The Morgan fingerprint density at radius 3 is 2.58 bits per heavy atom. The predicted molar refractivity (Wildman–Crippen MR) is 117 cm³/mol. The van der Waals surface area contributed by atoms with Crippen molar-refractivity contribution in [3.05, 3.63) is 70.9 Å². The summed E-state index contributed by atoms with van der Waals surface area (Å²) >= 11 is 0. The van der Waals surface area contributed by atoms with E-state index in [-0.39, 0.29) is 12.6 Å². The van der Waals surface area contributed by atoms with Gasteiger partial charge in [-0.25, -0.2) is 9.59 Å². The fourth-order valence-electron chi connectivity index (χ4n) is 3.32. The van der Waals surface area contributed by atoms with E-state index >= 15 is 0 Å². The van der Waals surface area contributed by atoms with Crippen LogP contribution in [0.15, 0.2) is 59.8 Å². The molecule has 1 aliphatic heterocycles. The second-order valence-electron chi connectivity index (χ2n) is 7.24. The van der Waals surface area contributed by atoms with Gasteiger partial charge in [-0.15, -0.1) is 0 Å². The van der Waals surface area contributed by atoms with E-state index in [9.17, 15) is 9.59 Å². The van der Waals surface area contributed by atoms with E-state index in [0.29, 0.717) is 34.9 Å². The van der Waals surface area contributed by atoms with Gasteiger partial charge in [0.25, 0.3) is 0 Å². The Balaban J connectivity index is 1.84. The van der Waals surface area contributed by atoms with Crippen LogP contribution in [0.4, 0.5) is 4.79 Å². The van der Waals surface area contributed by atoms with Crippen molar-refractivity contribution in [2.24, 2.45) is 0 Å². The van der Waals surface area contributed by atoms with Crippen LogP contribution in [0.3, 0.4) is 0 Å². The average molecular weight is 424 g/mol. The van der Waals surface area contributed by atoms with Gasteiger partial charge in [0.2, 0.25) is 0 Å². The number of benzene rings is 2. The second-order valence-corrected chi connectivity index (χ2v) is 7.24. The fourth-order valence-corrected chi connectivity index (χ4v) is 3.32. The van der Waals surface area contributed by atoms with Crippen LogP contribution in [-0.2, 0) is 16.1 Å². The molecule has 0 aromatic heterocycles. The van der Waals surface area contributed by atoms with E-state index in [2.05, 4.69) is 17.6 Å². The number of carbonyl (C=O) groups is 2. The number of rotatable bonds is 9. The first-order valence-corrected chi connectivity index (χ1v) is 10.3. The third-order valence-corrected chi connectivity index (χ3v) is 4.98. The van der Waals surface area contributed by atoms with Crippen LogP contribution in [-0.4, -0.2) is 25.7 Å². The van der Waals surface area contributed by atoms with E-state index < -0.39 is 12.0 Å². The minimum absolute atomic E-state index is 0.143. The molecule has 1 heterocycles. The molecule has 0 radical (unpaired) electrons. The maximum atomic E-state index is 12.9. The Labute approximate surface area is 182 Å². The fraction of sp³-hybridized carbons (Fsp3) is 0.333. The zero-order chi connectivity index (χ0) is 22.2. The Bertz CT molecular complexity index is 956. The van der Waals surface area contributed by atoms with Gasteiger partial charge in [0.15, 0.2) is 11.5 Å². The largest absolute Gasteiger partial charge is 0.493 e. The molecule has 0 saturated heterocycles. The molecule has 31 heavy (non-hydrogen) atoms. The first kappa shape index (κ1) is 22.2. The molecule has 1 aliphatic rings. The van der Waals surface area contributed by atoms with Crippen molar-refractivity contribution in [1.29, 1.82) is 0 Å². The molecule has 2 aromatic rings. The van der Waals surface area contributed by atoms with E-state index in [4.69, 9.17) is 14.2 Å². The maximum absolute atomic E-state index is 12.9. The van der Waals surface area contributed by atoms with Crippen LogP contribution in [0.5, 0.6) is 11.5 Å². The van der Waals surface area contributed by atoms with Crippen LogP contribution in [0.2, 0.25) is 0 Å². The highest BCUT2D eigenvalue weighted by molar-refractivity contribution is 5.95. The van der Waals surface area contributed by atoms with Crippen molar-refractivity contribution in [3.63, 3.8) is 0 Å². The molecule has 2 amide bonds. The summed E-state index contributed by atoms with van der Waals surface area (Å²) in [6, 6.07) is 13.8. The monoisotopic (exact) mass is 424 g/mol. The summed E-state index contributed by atoms with van der Waals surface area (Å²) in [5.74, 6) is 0.658. The zero-order valence-electron chi connectivity index (χ0n) is 18.1. The molecule has 0 aliphatic carbocycles. The number of methoxy groups -OCH3 is 1. The molecule has 0 fully saturated rings. The molecule has 2 N–H and O–H groups in total. The van der Waals surface area contributed by atoms with Crippen molar-refractivity contribution in [3.8, 4) is 11.5 Å². The topological polar surface area (TPSA) is 85.9 Å². The van der Waals surface area contributed by atoms with Crippen LogP contribution >= 0.6 is 0 Å². The van der Waals surface area contributed by atoms with E-state index in [1.807, 2.05) is 36.4 Å². The highest BCUT2D eigenvalue weighted by atomic mass is 16.5. The third-order valence-electron chi connectivity index (χ3n) is 4.98. The Morgan fingerprint density at radius 1 is 1.10 bits per heavy atom. The number of allylic oxidation sites excluding steroid dienone is 1. The first-order chi connectivity index (χ1) is 15.0. The van der Waals surface area contributed by atoms with Crippen molar-refractivity contribution in [2.75, 3.05) is 13.7 Å². The Kier molecular flexibility index (Phi) is 7.54. The van der Waals surface area contributed by atoms with Crippen LogP contribution in [0.1, 0.15) is 43.9 Å². The molecule has 3 rings (SSSR count). The highest BCUT2D eigenvalue weighted by Crippen LogP contribution is 2.34. The van der Waals surface area contributed by atoms with Crippen molar-refractivity contribution < 1.29 is 23.8 Å². The lowest BCUT2D eigenvalue weighted by Gasteiger charge is -2.28. The smallest absolute Gasteiger partial charge is 0.338 e. The number of carbonyl (C=O) groups excluding carboxylic acids is 2. The van der Waals surface area contributed by atoms with Gasteiger partial charge in [0.05, 0.1) is 25.3 Å². The van der Waals surface area contributed by atoms with E-state index in [1.54, 1.807) is 26.2 Å². The van der Waals surface area contributed by atoms with Crippen molar-refractivity contribution >= 4 is 12.0 Å². The zero-order valence-corrected chi connectivity index (χ0v) is 18.1. The molecule has 7 heteroatoms. The lowest BCUT2D eigenvalue weighted by atomic mass is 9.95. The third kappa shape index (κ3) is 5.57. The van der Waals surface area contributed by atoms with Crippen LogP contribution in [0.25, 0.3) is 0 Å². The number of amides is 2. The minimum atomic E-state index is -0.671. The second kappa shape index (κ2) is 10.5. The van der Waals surface area contributed by atoms with Crippen LogP contribution < -0.4 is 20.1 Å². The number of urea groups is 1. The number of nitrogens with one attached hydrogen (secondary N) is 2.